The van der Waals surface area contributed by atoms with Gasteiger partial charge in [0.05, 0.1) is 22.3 Å². The number of halogens is 1. The van der Waals surface area contributed by atoms with Crippen molar-refractivity contribution in [2.24, 2.45) is 0 Å². The third-order valence-corrected chi connectivity index (χ3v) is 10.1. The molecule has 0 aliphatic carbocycles. The van der Waals surface area contributed by atoms with Crippen molar-refractivity contribution in [2.45, 2.75) is 26.2 Å². The van der Waals surface area contributed by atoms with Gasteiger partial charge in [-0.2, -0.15) is 0 Å². The summed E-state index contributed by atoms with van der Waals surface area (Å²) in [5.74, 6) is 2.36. The minimum absolute atomic E-state index is 0.0217. The van der Waals surface area contributed by atoms with Crippen LogP contribution in [-0.2, 0) is 5.41 Å². The fraction of sp³-hybridized carbons (Fsp3) is 0.100. The molecule has 8 rings (SSSR count). The van der Waals surface area contributed by atoms with E-state index in [4.69, 9.17) is 16.3 Å². The minimum atomic E-state index is -0.0217. The Morgan fingerprint density at radius 3 is 2.43 bits per heavy atom. The second kappa shape index (κ2) is 10.8. The molecule has 0 amide bonds. The van der Waals surface area contributed by atoms with Crippen molar-refractivity contribution < 1.29 is 4.74 Å². The van der Waals surface area contributed by atoms with E-state index in [-0.39, 0.29) is 5.41 Å². The van der Waals surface area contributed by atoms with Gasteiger partial charge in [0.2, 0.25) is 0 Å². The highest BCUT2D eigenvalue weighted by atomic mass is 79.9. The van der Waals surface area contributed by atoms with Crippen LogP contribution in [0.5, 0.6) is 11.5 Å². The molecule has 4 nitrogen and oxygen atoms in total. The zero-order chi connectivity index (χ0) is 31.6. The van der Waals surface area contributed by atoms with E-state index in [1.54, 1.807) is 0 Å². The van der Waals surface area contributed by atoms with E-state index in [0.29, 0.717) is 5.69 Å². The smallest absolute Gasteiger partial charge is 0.187 e. The van der Waals surface area contributed by atoms with Crippen LogP contribution in [-0.4, -0.2) is 9.55 Å². The lowest BCUT2D eigenvalue weighted by Gasteiger charge is -2.20. The van der Waals surface area contributed by atoms with Crippen molar-refractivity contribution in [3.05, 3.63) is 137 Å². The normalized spacial score (nSPS) is 11.9. The molecule has 6 heteroatoms. The molecule has 46 heavy (non-hydrogen) atoms. The first kappa shape index (κ1) is 28.5. The molecule has 0 saturated carbocycles. The molecule has 0 saturated heterocycles. The third-order valence-electron chi connectivity index (χ3n) is 8.51. The van der Waals surface area contributed by atoms with Gasteiger partial charge in [0.1, 0.15) is 17.3 Å². The van der Waals surface area contributed by atoms with Crippen LogP contribution in [0, 0.1) is 6.57 Å². The predicted octanol–water partition coefficient (Wildman–Crippen LogP) is 12.6. The molecule has 0 bridgehead atoms. The fourth-order valence-electron chi connectivity index (χ4n) is 6.22. The summed E-state index contributed by atoms with van der Waals surface area (Å²) in [5, 5.41) is 4.89. The maximum Gasteiger partial charge on any atom is 0.187 e. The first-order chi connectivity index (χ1) is 22.3. The zero-order valence-corrected chi connectivity index (χ0v) is 27.9. The van der Waals surface area contributed by atoms with E-state index in [9.17, 15) is 0 Å². The predicted molar refractivity (Wildman–Crippen MR) is 196 cm³/mol. The first-order valence-electron chi connectivity index (χ1n) is 15.1. The maximum absolute atomic E-state index is 7.27. The average molecular weight is 679 g/mol. The Bertz CT molecular complexity index is 2510. The average Bonchev–Trinajstić information content (AvgIpc) is 3.58. The number of benzene rings is 5. The molecule has 0 spiro atoms. The molecule has 0 radical (unpaired) electrons. The highest BCUT2D eigenvalue weighted by molar-refractivity contribution is 9.10. The lowest BCUT2D eigenvalue weighted by atomic mass is 9.88. The van der Waals surface area contributed by atoms with Gasteiger partial charge in [-0.1, -0.05) is 91.3 Å². The fourth-order valence-corrected chi connectivity index (χ4v) is 7.93. The van der Waals surface area contributed by atoms with Gasteiger partial charge < -0.3 is 4.74 Å². The summed E-state index contributed by atoms with van der Waals surface area (Å²) in [7, 11) is 0. The summed E-state index contributed by atoms with van der Waals surface area (Å²) in [6.45, 7) is 14.0. The van der Waals surface area contributed by atoms with E-state index in [1.165, 1.54) is 42.0 Å². The molecular weight excluding hydrogens is 650 g/mol. The molecule has 0 fully saturated rings. The lowest BCUT2D eigenvalue weighted by Crippen LogP contribution is -2.12. The molecule has 0 unspecified atom stereocenters. The van der Waals surface area contributed by atoms with Crippen LogP contribution < -0.4 is 4.74 Å². The SMILES string of the molecule is [C-]#[N+]c1ccc(-c2cc(Br)cc(Oc3ccc4c5sc6ccc7ccccc7c6c5n(-c5cc(C(C)(C)C)ccn5)c4c3)c2)cc1. The summed E-state index contributed by atoms with van der Waals surface area (Å²) in [6, 6.07) is 37.5. The van der Waals surface area contributed by atoms with E-state index in [1.807, 2.05) is 53.9 Å². The Balaban J connectivity index is 1.34. The molecule has 0 aliphatic heterocycles. The Kier molecular flexibility index (Phi) is 6.72. The van der Waals surface area contributed by atoms with Crippen LogP contribution in [0.4, 0.5) is 5.69 Å². The van der Waals surface area contributed by atoms with Crippen molar-refractivity contribution in [2.75, 3.05) is 0 Å². The highest BCUT2D eigenvalue weighted by Gasteiger charge is 2.22. The number of thiophene rings is 1. The standard InChI is InChI=1S/C40H28BrN3OS/c1-40(2,3)27-17-18-43-36(21-27)44-34-23-30(45-31-20-26(19-28(41)22-31)24-9-12-29(42-4)13-10-24)14-15-33(34)39-38(44)37-32-8-6-5-7-25(32)11-16-35(37)46-39/h5-23H,1-3H3. The number of rotatable bonds is 4. The molecular formula is C40H28BrN3OS. The van der Waals surface area contributed by atoms with Crippen LogP contribution in [0.3, 0.4) is 0 Å². The Labute approximate surface area is 279 Å². The third kappa shape index (κ3) is 4.84. The van der Waals surface area contributed by atoms with Gasteiger partial charge in [-0.05, 0) is 81.4 Å². The van der Waals surface area contributed by atoms with E-state index in [0.717, 1.165) is 38.4 Å². The molecule has 222 valence electrons. The van der Waals surface area contributed by atoms with Gasteiger partial charge in [-0.3, -0.25) is 4.57 Å². The number of pyridine rings is 1. The van der Waals surface area contributed by atoms with Crippen LogP contribution in [0.25, 0.3) is 63.8 Å². The summed E-state index contributed by atoms with van der Waals surface area (Å²) >= 11 is 5.51. The Hall–Kier alpha value is -4.96. The van der Waals surface area contributed by atoms with Gasteiger partial charge in [0.25, 0.3) is 0 Å². The first-order valence-corrected chi connectivity index (χ1v) is 16.7. The minimum Gasteiger partial charge on any atom is -0.457 e. The largest absolute Gasteiger partial charge is 0.457 e. The number of ether oxygens (including phenoxy) is 1. The Morgan fingerprint density at radius 2 is 1.63 bits per heavy atom. The second-order valence-electron chi connectivity index (χ2n) is 12.5. The van der Waals surface area contributed by atoms with Crippen LogP contribution in [0.15, 0.2) is 120 Å². The van der Waals surface area contributed by atoms with Gasteiger partial charge in [-0.25, -0.2) is 9.83 Å². The van der Waals surface area contributed by atoms with Crippen LogP contribution in [0.2, 0.25) is 0 Å². The number of hydrogen-bond donors (Lipinski definition) is 0. The zero-order valence-electron chi connectivity index (χ0n) is 25.5. The lowest BCUT2D eigenvalue weighted by molar-refractivity contribution is 0.483. The van der Waals surface area contributed by atoms with Crippen molar-refractivity contribution in [3.63, 3.8) is 0 Å². The van der Waals surface area contributed by atoms with Crippen molar-refractivity contribution >= 4 is 74.9 Å². The van der Waals surface area contributed by atoms with Crippen LogP contribution in [0.1, 0.15) is 26.3 Å². The topological polar surface area (TPSA) is 31.4 Å². The molecule has 3 heterocycles. The van der Waals surface area contributed by atoms with Gasteiger partial charge >= 0.3 is 0 Å². The summed E-state index contributed by atoms with van der Waals surface area (Å²) in [4.78, 5) is 8.47. The van der Waals surface area contributed by atoms with Gasteiger partial charge in [0, 0.05) is 32.2 Å². The Morgan fingerprint density at radius 1 is 0.804 bits per heavy atom. The van der Waals surface area contributed by atoms with Crippen molar-refractivity contribution in [1.82, 2.24) is 9.55 Å². The molecule has 3 aromatic heterocycles. The number of aromatic nitrogens is 2. The van der Waals surface area contributed by atoms with Gasteiger partial charge in [-0.15, -0.1) is 11.3 Å². The molecule has 5 aromatic carbocycles. The summed E-state index contributed by atoms with van der Waals surface area (Å²) < 4.78 is 12.3. The highest BCUT2D eigenvalue weighted by Crippen LogP contribution is 2.46. The van der Waals surface area contributed by atoms with E-state index in [2.05, 4.69) is 119 Å². The number of fused-ring (bicyclic) bond motifs is 7. The number of nitrogens with zero attached hydrogens (tertiary/aromatic N) is 3. The molecule has 8 aromatic rings. The van der Waals surface area contributed by atoms with Crippen molar-refractivity contribution in [3.8, 4) is 28.4 Å². The summed E-state index contributed by atoms with van der Waals surface area (Å²) in [5.41, 5.74) is 6.09. The molecule has 0 N–H and O–H groups in total. The van der Waals surface area contributed by atoms with Crippen LogP contribution >= 0.6 is 27.3 Å². The quantitative estimate of drug-likeness (QED) is 0.174. The van der Waals surface area contributed by atoms with E-state index >= 15 is 0 Å². The van der Waals surface area contributed by atoms with Gasteiger partial charge in [0.15, 0.2) is 5.69 Å². The van der Waals surface area contributed by atoms with E-state index < -0.39 is 0 Å². The molecule has 0 aliphatic rings. The molecule has 0 atom stereocenters. The van der Waals surface area contributed by atoms with Crippen molar-refractivity contribution in [1.29, 1.82) is 0 Å². The summed E-state index contributed by atoms with van der Waals surface area (Å²) in [6.07, 6.45) is 1.92. The maximum atomic E-state index is 7.27. The number of hydrogen-bond acceptors (Lipinski definition) is 3. The monoisotopic (exact) mass is 677 g/mol. The second-order valence-corrected chi connectivity index (χ2v) is 14.5.